The molecule has 1 aliphatic heterocycles. The van der Waals surface area contributed by atoms with Gasteiger partial charge in [0.25, 0.3) is 0 Å². The average molecular weight is 700 g/mol. The van der Waals surface area contributed by atoms with E-state index < -0.39 is 12.1 Å². The standard InChI is InChI=1S/C42H69NO7/c1-3-5-6-7-8-9-10-11-12-13-14-15-16-17-18-21-39(44)47-31-37(33-49-41(46)50-38-20-19-22-43(4-2)30-38)32-48-40(45)29-42-26-34-23-35(27-42)25-36(24-34)28-42/h8-9,11-12,34-38H,3-7,10,13-33H2,1-2H3/b9-8-,12-11-. The maximum Gasteiger partial charge on any atom is 0.508 e. The van der Waals surface area contributed by atoms with Gasteiger partial charge in [-0.1, -0.05) is 70.3 Å². The number of hydrogen-bond donors (Lipinski definition) is 0. The number of unbranched alkanes of at least 4 members (excludes halogenated alkanes) is 8. The predicted octanol–water partition coefficient (Wildman–Crippen LogP) is 9.75. The Kier molecular flexibility index (Phi) is 18.2. The van der Waals surface area contributed by atoms with Crippen LogP contribution in [0.3, 0.4) is 0 Å². The van der Waals surface area contributed by atoms with Crippen LogP contribution in [0.4, 0.5) is 4.79 Å². The summed E-state index contributed by atoms with van der Waals surface area (Å²) >= 11 is 0. The lowest BCUT2D eigenvalue weighted by molar-refractivity contribution is -0.155. The van der Waals surface area contributed by atoms with E-state index in [2.05, 4.69) is 43.1 Å². The fraction of sp³-hybridized carbons (Fsp3) is 0.833. The molecule has 1 saturated heterocycles. The number of likely N-dealkylation sites (N-methyl/N-ethyl adjacent to an activating group) is 1. The summed E-state index contributed by atoms with van der Waals surface area (Å²) in [5.41, 5.74) is 0.0992. The Bertz CT molecular complexity index is 1040. The van der Waals surface area contributed by atoms with Crippen molar-refractivity contribution in [2.24, 2.45) is 29.1 Å². The molecule has 2 atom stereocenters. The molecule has 4 saturated carbocycles. The minimum atomic E-state index is -0.714. The highest BCUT2D eigenvalue weighted by atomic mass is 16.7. The lowest BCUT2D eigenvalue weighted by Gasteiger charge is -2.56. The lowest BCUT2D eigenvalue weighted by Crippen LogP contribution is -2.47. The highest BCUT2D eigenvalue weighted by Crippen LogP contribution is 2.61. The van der Waals surface area contributed by atoms with E-state index in [0.717, 1.165) is 101 Å². The van der Waals surface area contributed by atoms with Crippen molar-refractivity contribution >= 4 is 18.1 Å². The first-order chi connectivity index (χ1) is 24.4. The third-order valence-corrected chi connectivity index (χ3v) is 11.6. The summed E-state index contributed by atoms with van der Waals surface area (Å²) in [7, 11) is 0. The van der Waals surface area contributed by atoms with Gasteiger partial charge < -0.3 is 18.9 Å². The molecule has 0 aromatic carbocycles. The van der Waals surface area contributed by atoms with Gasteiger partial charge in [0.15, 0.2) is 0 Å². The Morgan fingerprint density at radius 3 is 2.00 bits per heavy atom. The van der Waals surface area contributed by atoms with E-state index in [0.29, 0.717) is 19.4 Å². The van der Waals surface area contributed by atoms with Crippen LogP contribution in [-0.2, 0) is 28.5 Å². The number of ether oxygens (including phenoxy) is 4. The first kappa shape index (κ1) is 40.4. The van der Waals surface area contributed by atoms with E-state index in [4.69, 9.17) is 18.9 Å². The minimum Gasteiger partial charge on any atom is -0.465 e. The first-order valence-electron chi connectivity index (χ1n) is 20.5. The van der Waals surface area contributed by atoms with Crippen molar-refractivity contribution in [3.63, 3.8) is 0 Å². The molecule has 5 rings (SSSR count). The van der Waals surface area contributed by atoms with Crippen molar-refractivity contribution < 1.29 is 33.3 Å². The maximum absolute atomic E-state index is 13.1. The van der Waals surface area contributed by atoms with E-state index in [-0.39, 0.29) is 43.3 Å². The Hall–Kier alpha value is -2.35. The van der Waals surface area contributed by atoms with Crippen molar-refractivity contribution in [2.75, 3.05) is 39.5 Å². The molecule has 8 nitrogen and oxygen atoms in total. The normalized spacial score (nSPS) is 26.8. The summed E-state index contributed by atoms with van der Waals surface area (Å²) in [5, 5.41) is 0. The molecule has 5 fully saturated rings. The molecule has 5 aliphatic rings. The van der Waals surface area contributed by atoms with Crippen molar-refractivity contribution in [3.05, 3.63) is 24.3 Å². The Labute approximate surface area is 303 Å². The van der Waals surface area contributed by atoms with Crippen molar-refractivity contribution in [1.82, 2.24) is 4.90 Å². The minimum absolute atomic E-state index is 0.0232. The van der Waals surface area contributed by atoms with Crippen LogP contribution in [0.2, 0.25) is 0 Å². The molecular formula is C42H69NO7. The van der Waals surface area contributed by atoms with Crippen LogP contribution in [0.1, 0.15) is 149 Å². The zero-order valence-electron chi connectivity index (χ0n) is 31.6. The van der Waals surface area contributed by atoms with Crippen LogP contribution >= 0.6 is 0 Å². The van der Waals surface area contributed by atoms with E-state index >= 15 is 0 Å². The van der Waals surface area contributed by atoms with E-state index in [1.54, 1.807) is 0 Å². The Morgan fingerprint density at radius 1 is 0.740 bits per heavy atom. The molecule has 0 N–H and O–H groups in total. The number of allylic oxidation sites excluding steroid dienone is 4. The second-order valence-electron chi connectivity index (χ2n) is 16.1. The van der Waals surface area contributed by atoms with Crippen LogP contribution < -0.4 is 0 Å². The first-order valence-corrected chi connectivity index (χ1v) is 20.5. The number of piperidine rings is 1. The van der Waals surface area contributed by atoms with Crippen LogP contribution in [0.25, 0.3) is 0 Å². The van der Waals surface area contributed by atoms with Crippen molar-refractivity contribution in [3.8, 4) is 0 Å². The van der Waals surface area contributed by atoms with Crippen molar-refractivity contribution in [1.29, 1.82) is 0 Å². The van der Waals surface area contributed by atoms with Gasteiger partial charge in [-0.05, 0) is 126 Å². The van der Waals surface area contributed by atoms with Gasteiger partial charge in [0.05, 0.1) is 12.3 Å². The van der Waals surface area contributed by atoms with Crippen LogP contribution in [0.5, 0.6) is 0 Å². The molecule has 50 heavy (non-hydrogen) atoms. The molecule has 0 radical (unpaired) electrons. The number of hydrogen-bond acceptors (Lipinski definition) is 8. The van der Waals surface area contributed by atoms with Gasteiger partial charge in [-0.25, -0.2) is 4.79 Å². The van der Waals surface area contributed by atoms with Gasteiger partial charge >= 0.3 is 18.1 Å². The van der Waals surface area contributed by atoms with Gasteiger partial charge in [0, 0.05) is 13.0 Å². The number of carbonyl (C=O) groups excluding carboxylic acids is 3. The summed E-state index contributed by atoms with van der Waals surface area (Å²) in [4.78, 5) is 40.6. The molecule has 4 aliphatic carbocycles. The summed E-state index contributed by atoms with van der Waals surface area (Å²) in [5.74, 6) is 1.44. The van der Waals surface area contributed by atoms with E-state index in [1.807, 2.05) is 0 Å². The Balaban J connectivity index is 1.11. The molecule has 4 bridgehead atoms. The molecule has 0 aromatic rings. The number of carbonyl (C=O) groups is 3. The van der Waals surface area contributed by atoms with E-state index in [1.165, 1.54) is 51.4 Å². The third kappa shape index (κ3) is 15.1. The van der Waals surface area contributed by atoms with Gasteiger partial charge in [0.1, 0.15) is 25.9 Å². The molecule has 0 spiro atoms. The molecule has 2 unspecified atom stereocenters. The summed E-state index contributed by atoms with van der Waals surface area (Å²) < 4.78 is 22.5. The van der Waals surface area contributed by atoms with E-state index in [9.17, 15) is 14.4 Å². The smallest absolute Gasteiger partial charge is 0.465 e. The van der Waals surface area contributed by atoms with Gasteiger partial charge in [-0.2, -0.15) is 0 Å². The largest absolute Gasteiger partial charge is 0.508 e. The molecule has 0 aromatic heterocycles. The third-order valence-electron chi connectivity index (χ3n) is 11.6. The number of nitrogens with zero attached hydrogens (tertiary/aromatic N) is 1. The second kappa shape index (κ2) is 22.6. The SMILES string of the molecule is CCCCC/C=C\C/C=C\CCCCCCCC(=O)OCC(COC(=O)CC12CC3CC(CC(C3)C1)C2)COC(=O)OC1CCCN(CC)C1. The molecule has 0 amide bonds. The second-order valence-corrected chi connectivity index (χ2v) is 16.1. The molecular weight excluding hydrogens is 630 g/mol. The molecule has 284 valence electrons. The van der Waals surface area contributed by atoms with Gasteiger partial charge in [-0.3, -0.25) is 14.5 Å². The zero-order chi connectivity index (χ0) is 35.4. The summed E-state index contributed by atoms with van der Waals surface area (Å²) in [6.07, 6.45) is 30.7. The van der Waals surface area contributed by atoms with Gasteiger partial charge in [-0.15, -0.1) is 0 Å². The van der Waals surface area contributed by atoms with Crippen LogP contribution in [-0.4, -0.2) is 68.6 Å². The number of rotatable bonds is 24. The average Bonchev–Trinajstić information content (AvgIpc) is 3.08. The number of likely N-dealkylation sites (tertiary alicyclic amines) is 1. The topological polar surface area (TPSA) is 91.4 Å². The van der Waals surface area contributed by atoms with Gasteiger partial charge in [0.2, 0.25) is 0 Å². The zero-order valence-corrected chi connectivity index (χ0v) is 31.6. The lowest BCUT2D eigenvalue weighted by atomic mass is 9.49. The van der Waals surface area contributed by atoms with Crippen LogP contribution in [0.15, 0.2) is 24.3 Å². The maximum atomic E-state index is 13.1. The molecule has 1 heterocycles. The summed E-state index contributed by atoms with van der Waals surface area (Å²) in [6, 6.07) is 0. The highest BCUT2D eigenvalue weighted by molar-refractivity contribution is 5.70. The fourth-order valence-electron chi connectivity index (χ4n) is 9.34. The highest BCUT2D eigenvalue weighted by Gasteiger charge is 2.51. The monoisotopic (exact) mass is 700 g/mol. The quantitative estimate of drug-likeness (QED) is 0.0426. The predicted molar refractivity (Wildman–Crippen MR) is 198 cm³/mol. The number of esters is 2. The van der Waals surface area contributed by atoms with Crippen molar-refractivity contribution in [2.45, 2.75) is 155 Å². The Morgan fingerprint density at radius 2 is 1.34 bits per heavy atom. The fourth-order valence-corrected chi connectivity index (χ4v) is 9.34. The molecule has 8 heteroatoms. The summed E-state index contributed by atoms with van der Waals surface area (Å²) in [6.45, 7) is 7.07. The van der Waals surface area contributed by atoms with Crippen LogP contribution in [0, 0.1) is 29.1 Å².